The molecule has 0 radical (unpaired) electrons. The van der Waals surface area contributed by atoms with Gasteiger partial charge in [-0.1, -0.05) is 13.8 Å². The van der Waals surface area contributed by atoms with Gasteiger partial charge in [-0.3, -0.25) is 4.90 Å². The van der Waals surface area contributed by atoms with E-state index < -0.39 is 0 Å². The smallest absolute Gasteiger partial charge is 0.0518 e. The third-order valence-corrected chi connectivity index (χ3v) is 2.65. The van der Waals surface area contributed by atoms with Gasteiger partial charge in [-0.25, -0.2) is 0 Å². The lowest BCUT2D eigenvalue weighted by molar-refractivity contribution is 0.00425. The Morgan fingerprint density at radius 3 is 2.46 bits per heavy atom. The van der Waals surface area contributed by atoms with Gasteiger partial charge in [0, 0.05) is 31.0 Å². The van der Waals surface area contributed by atoms with Crippen LogP contribution >= 0.6 is 12.6 Å². The second-order valence-electron chi connectivity index (χ2n) is 4.38. The van der Waals surface area contributed by atoms with Crippen molar-refractivity contribution in [3.8, 4) is 0 Å². The highest BCUT2D eigenvalue weighted by atomic mass is 32.1. The van der Waals surface area contributed by atoms with Gasteiger partial charge in [0.25, 0.3) is 0 Å². The summed E-state index contributed by atoms with van der Waals surface area (Å²) in [5, 5.41) is 0.404. The molecule has 0 aromatic rings. The standard InChI is InChI=1S/C10H21NOS/c1-8(2)6-12-7-10-4-11(5-10)9(3)13/h8-10,13H,4-7H2,1-3H3. The van der Waals surface area contributed by atoms with Crippen LogP contribution in [0, 0.1) is 11.8 Å². The van der Waals surface area contributed by atoms with Gasteiger partial charge in [-0.05, 0) is 12.8 Å². The zero-order chi connectivity index (χ0) is 9.84. The molecule has 1 aliphatic rings. The topological polar surface area (TPSA) is 12.5 Å². The number of rotatable bonds is 5. The van der Waals surface area contributed by atoms with Crippen LogP contribution in [0.1, 0.15) is 20.8 Å². The van der Waals surface area contributed by atoms with E-state index in [9.17, 15) is 0 Å². The molecule has 1 heterocycles. The Labute approximate surface area is 87.0 Å². The van der Waals surface area contributed by atoms with Gasteiger partial charge in [-0.2, -0.15) is 12.6 Å². The molecule has 0 aromatic carbocycles. The monoisotopic (exact) mass is 203 g/mol. The first-order chi connectivity index (χ1) is 6.09. The van der Waals surface area contributed by atoms with Gasteiger partial charge in [0.2, 0.25) is 0 Å². The number of ether oxygens (including phenoxy) is 1. The van der Waals surface area contributed by atoms with Gasteiger partial charge in [-0.15, -0.1) is 0 Å². The van der Waals surface area contributed by atoms with Gasteiger partial charge < -0.3 is 4.74 Å². The number of hydrogen-bond donors (Lipinski definition) is 1. The molecule has 0 bridgehead atoms. The van der Waals surface area contributed by atoms with Crippen molar-refractivity contribution in [2.24, 2.45) is 11.8 Å². The third kappa shape index (κ3) is 3.88. The summed E-state index contributed by atoms with van der Waals surface area (Å²) in [6.07, 6.45) is 0. The lowest BCUT2D eigenvalue weighted by Gasteiger charge is -2.41. The van der Waals surface area contributed by atoms with Crippen LogP contribution in [0.5, 0.6) is 0 Å². The van der Waals surface area contributed by atoms with Gasteiger partial charge in [0.1, 0.15) is 0 Å². The Hall–Kier alpha value is 0.270. The van der Waals surface area contributed by atoms with Crippen LogP contribution in [0.15, 0.2) is 0 Å². The van der Waals surface area contributed by atoms with Crippen LogP contribution in [-0.4, -0.2) is 36.6 Å². The van der Waals surface area contributed by atoms with E-state index in [0.717, 1.165) is 32.2 Å². The maximum Gasteiger partial charge on any atom is 0.0518 e. The van der Waals surface area contributed by atoms with Crippen LogP contribution < -0.4 is 0 Å². The predicted molar refractivity (Wildman–Crippen MR) is 59.2 cm³/mol. The number of likely N-dealkylation sites (tertiary alicyclic amines) is 1. The molecule has 0 aromatic heterocycles. The normalized spacial score (nSPS) is 21.9. The Morgan fingerprint density at radius 2 is 2.00 bits per heavy atom. The Kier molecular flexibility index (Phi) is 4.56. The second-order valence-corrected chi connectivity index (χ2v) is 5.13. The summed E-state index contributed by atoms with van der Waals surface area (Å²) < 4.78 is 5.58. The fourth-order valence-electron chi connectivity index (χ4n) is 1.49. The summed E-state index contributed by atoms with van der Waals surface area (Å²) in [5.41, 5.74) is 0. The van der Waals surface area contributed by atoms with Gasteiger partial charge >= 0.3 is 0 Å². The highest BCUT2D eigenvalue weighted by Crippen LogP contribution is 2.20. The largest absolute Gasteiger partial charge is 0.381 e. The van der Waals surface area contributed by atoms with E-state index in [1.54, 1.807) is 0 Å². The molecule has 1 aliphatic heterocycles. The average Bonchev–Trinajstić information content (AvgIpc) is 1.92. The summed E-state index contributed by atoms with van der Waals surface area (Å²) >= 11 is 4.37. The molecule has 1 fully saturated rings. The molecule has 1 saturated heterocycles. The first-order valence-electron chi connectivity index (χ1n) is 5.09. The molecular formula is C10H21NOS. The molecule has 0 spiro atoms. The summed E-state index contributed by atoms with van der Waals surface area (Å²) in [6, 6.07) is 0. The summed E-state index contributed by atoms with van der Waals surface area (Å²) in [7, 11) is 0. The zero-order valence-electron chi connectivity index (χ0n) is 8.86. The number of hydrogen-bond acceptors (Lipinski definition) is 3. The summed E-state index contributed by atoms with van der Waals surface area (Å²) in [5.74, 6) is 1.40. The maximum atomic E-state index is 5.58. The number of thiol groups is 1. The first-order valence-corrected chi connectivity index (χ1v) is 5.61. The molecule has 1 atom stereocenters. The fraction of sp³-hybridized carbons (Fsp3) is 1.00. The van der Waals surface area contributed by atoms with E-state index in [0.29, 0.717) is 11.3 Å². The summed E-state index contributed by atoms with van der Waals surface area (Å²) in [4.78, 5) is 2.35. The quantitative estimate of drug-likeness (QED) is 0.685. The third-order valence-electron chi connectivity index (χ3n) is 2.32. The van der Waals surface area contributed by atoms with Crippen molar-refractivity contribution in [2.45, 2.75) is 26.1 Å². The van der Waals surface area contributed by atoms with Crippen LogP contribution in [-0.2, 0) is 4.74 Å². The van der Waals surface area contributed by atoms with E-state index in [1.807, 2.05) is 0 Å². The Balaban J connectivity index is 1.96. The van der Waals surface area contributed by atoms with Crippen LogP contribution in [0.2, 0.25) is 0 Å². The molecule has 1 unspecified atom stereocenters. The van der Waals surface area contributed by atoms with E-state index in [1.165, 1.54) is 0 Å². The van der Waals surface area contributed by atoms with Crippen molar-refractivity contribution in [1.82, 2.24) is 4.90 Å². The van der Waals surface area contributed by atoms with Gasteiger partial charge in [0.15, 0.2) is 0 Å². The summed E-state index contributed by atoms with van der Waals surface area (Å²) in [6.45, 7) is 10.6. The molecule has 3 heteroatoms. The molecular weight excluding hydrogens is 182 g/mol. The highest BCUT2D eigenvalue weighted by Gasteiger charge is 2.28. The minimum atomic E-state index is 0.404. The van der Waals surface area contributed by atoms with E-state index in [-0.39, 0.29) is 0 Å². The van der Waals surface area contributed by atoms with Crippen molar-refractivity contribution in [2.75, 3.05) is 26.3 Å². The van der Waals surface area contributed by atoms with E-state index >= 15 is 0 Å². The lowest BCUT2D eigenvalue weighted by Crippen LogP contribution is -2.51. The van der Waals surface area contributed by atoms with Crippen molar-refractivity contribution < 1.29 is 4.74 Å². The highest BCUT2D eigenvalue weighted by molar-refractivity contribution is 7.80. The average molecular weight is 203 g/mol. The zero-order valence-corrected chi connectivity index (χ0v) is 9.76. The molecule has 13 heavy (non-hydrogen) atoms. The van der Waals surface area contributed by atoms with Gasteiger partial charge in [0.05, 0.1) is 6.61 Å². The number of nitrogens with zero attached hydrogens (tertiary/aromatic N) is 1. The molecule has 1 rings (SSSR count). The van der Waals surface area contributed by atoms with E-state index in [2.05, 4.69) is 38.3 Å². The van der Waals surface area contributed by atoms with Crippen LogP contribution in [0.25, 0.3) is 0 Å². The Bertz CT molecular complexity index is 144. The minimum Gasteiger partial charge on any atom is -0.381 e. The first kappa shape index (κ1) is 11.3. The molecule has 0 amide bonds. The Morgan fingerprint density at radius 1 is 1.38 bits per heavy atom. The van der Waals surface area contributed by atoms with Crippen LogP contribution in [0.4, 0.5) is 0 Å². The second kappa shape index (κ2) is 5.23. The maximum absolute atomic E-state index is 5.58. The molecule has 0 saturated carbocycles. The SMILES string of the molecule is CC(C)COCC1CN(C(C)S)C1. The molecule has 78 valence electrons. The van der Waals surface area contributed by atoms with Crippen molar-refractivity contribution >= 4 is 12.6 Å². The lowest BCUT2D eigenvalue weighted by atomic mass is 10.0. The molecule has 0 N–H and O–H groups in total. The van der Waals surface area contributed by atoms with Crippen molar-refractivity contribution in [3.05, 3.63) is 0 Å². The van der Waals surface area contributed by atoms with Crippen molar-refractivity contribution in [1.29, 1.82) is 0 Å². The minimum absolute atomic E-state index is 0.404. The fourth-order valence-corrected chi connectivity index (χ4v) is 1.68. The van der Waals surface area contributed by atoms with Crippen LogP contribution in [0.3, 0.4) is 0 Å². The molecule has 0 aliphatic carbocycles. The van der Waals surface area contributed by atoms with E-state index in [4.69, 9.17) is 4.74 Å². The van der Waals surface area contributed by atoms with Crippen molar-refractivity contribution in [3.63, 3.8) is 0 Å². The predicted octanol–water partition coefficient (Wildman–Crippen LogP) is 1.87. The molecule has 2 nitrogen and oxygen atoms in total.